The van der Waals surface area contributed by atoms with E-state index in [0.29, 0.717) is 5.92 Å². The molecule has 0 aromatic carbocycles. The summed E-state index contributed by atoms with van der Waals surface area (Å²) in [5.41, 5.74) is 8.55. The number of nitrogens with two attached hydrogens (primary N) is 1. The Morgan fingerprint density at radius 3 is 3.06 bits per heavy atom. The Bertz CT molecular complexity index is 342. The van der Waals surface area contributed by atoms with Crippen LogP contribution in [0.1, 0.15) is 37.2 Å². The maximum Gasteiger partial charge on any atom is 0.0625 e. The lowest BCUT2D eigenvalue weighted by atomic mass is 9.92. The van der Waals surface area contributed by atoms with Gasteiger partial charge in [0, 0.05) is 19.6 Å². The molecular weight excluding hydrogens is 202 g/mol. The summed E-state index contributed by atoms with van der Waals surface area (Å²) in [7, 11) is 1.97. The molecule has 2 heterocycles. The van der Waals surface area contributed by atoms with Crippen LogP contribution < -0.4 is 5.73 Å². The topological polar surface area (TPSA) is 53.1 Å². The van der Waals surface area contributed by atoms with Gasteiger partial charge in [-0.05, 0) is 25.3 Å². The van der Waals surface area contributed by atoms with E-state index in [9.17, 15) is 0 Å². The SMILES string of the molecule is CCc1cc(C(N)C2CCCOC2)n(C)n1. The molecule has 0 radical (unpaired) electrons. The second-order valence-corrected chi connectivity index (χ2v) is 4.54. The Labute approximate surface area is 96.8 Å². The predicted molar refractivity (Wildman–Crippen MR) is 63.1 cm³/mol. The van der Waals surface area contributed by atoms with Gasteiger partial charge in [0.05, 0.1) is 24.0 Å². The van der Waals surface area contributed by atoms with E-state index >= 15 is 0 Å². The monoisotopic (exact) mass is 223 g/mol. The maximum atomic E-state index is 6.30. The van der Waals surface area contributed by atoms with Gasteiger partial charge in [0.2, 0.25) is 0 Å². The predicted octanol–water partition coefficient (Wildman–Crippen LogP) is 1.41. The van der Waals surface area contributed by atoms with Crippen molar-refractivity contribution >= 4 is 0 Å². The molecule has 0 spiro atoms. The molecular formula is C12H21N3O. The van der Waals surface area contributed by atoms with Gasteiger partial charge in [-0.3, -0.25) is 4.68 Å². The second-order valence-electron chi connectivity index (χ2n) is 4.54. The number of hydrogen-bond donors (Lipinski definition) is 1. The molecule has 0 amide bonds. The minimum atomic E-state index is 0.0538. The van der Waals surface area contributed by atoms with Crippen molar-refractivity contribution in [1.29, 1.82) is 0 Å². The largest absolute Gasteiger partial charge is 0.381 e. The minimum Gasteiger partial charge on any atom is -0.381 e. The standard InChI is InChI=1S/C12H21N3O/c1-3-10-7-11(15(2)14-10)12(13)9-5-4-6-16-8-9/h7,9,12H,3-6,8,13H2,1-2H3. The highest BCUT2D eigenvalue weighted by atomic mass is 16.5. The van der Waals surface area contributed by atoms with Crippen LogP contribution in [-0.4, -0.2) is 23.0 Å². The molecule has 2 rings (SSSR count). The Hall–Kier alpha value is -0.870. The highest BCUT2D eigenvalue weighted by Crippen LogP contribution is 2.26. The first kappa shape index (κ1) is 11.6. The summed E-state index contributed by atoms with van der Waals surface area (Å²) in [6, 6.07) is 2.18. The number of hydrogen-bond acceptors (Lipinski definition) is 3. The third kappa shape index (κ3) is 2.28. The van der Waals surface area contributed by atoms with Crippen molar-refractivity contribution in [1.82, 2.24) is 9.78 Å². The highest BCUT2D eigenvalue weighted by molar-refractivity contribution is 5.14. The summed E-state index contributed by atoms with van der Waals surface area (Å²) >= 11 is 0. The zero-order valence-corrected chi connectivity index (χ0v) is 10.1. The van der Waals surface area contributed by atoms with Crippen molar-refractivity contribution in [3.8, 4) is 0 Å². The highest BCUT2D eigenvalue weighted by Gasteiger charge is 2.24. The molecule has 2 unspecified atom stereocenters. The van der Waals surface area contributed by atoms with E-state index in [4.69, 9.17) is 10.5 Å². The van der Waals surface area contributed by atoms with Gasteiger partial charge in [-0.2, -0.15) is 5.10 Å². The van der Waals surface area contributed by atoms with E-state index in [1.165, 1.54) is 0 Å². The lowest BCUT2D eigenvalue weighted by molar-refractivity contribution is 0.0437. The van der Waals surface area contributed by atoms with E-state index in [2.05, 4.69) is 18.1 Å². The number of rotatable bonds is 3. The van der Waals surface area contributed by atoms with Crippen molar-refractivity contribution in [2.75, 3.05) is 13.2 Å². The Morgan fingerprint density at radius 2 is 2.50 bits per heavy atom. The molecule has 1 aromatic rings. The van der Waals surface area contributed by atoms with Crippen molar-refractivity contribution < 1.29 is 4.74 Å². The maximum absolute atomic E-state index is 6.30. The Kier molecular flexibility index (Phi) is 3.61. The molecule has 16 heavy (non-hydrogen) atoms. The van der Waals surface area contributed by atoms with Gasteiger partial charge in [0.25, 0.3) is 0 Å². The van der Waals surface area contributed by atoms with E-state index in [0.717, 1.165) is 43.9 Å². The van der Waals surface area contributed by atoms with Crippen LogP contribution >= 0.6 is 0 Å². The molecule has 1 fully saturated rings. The average molecular weight is 223 g/mol. The minimum absolute atomic E-state index is 0.0538. The molecule has 4 heteroatoms. The van der Waals surface area contributed by atoms with Crippen molar-refractivity contribution in [3.05, 3.63) is 17.5 Å². The molecule has 4 nitrogen and oxygen atoms in total. The molecule has 1 aromatic heterocycles. The first-order valence-corrected chi connectivity index (χ1v) is 6.08. The summed E-state index contributed by atoms with van der Waals surface area (Å²) in [4.78, 5) is 0. The fourth-order valence-corrected chi connectivity index (χ4v) is 2.32. The molecule has 90 valence electrons. The Morgan fingerprint density at radius 1 is 1.69 bits per heavy atom. The van der Waals surface area contributed by atoms with E-state index in [1.807, 2.05) is 11.7 Å². The number of aryl methyl sites for hydroxylation is 2. The summed E-state index contributed by atoms with van der Waals surface area (Å²) in [6.07, 6.45) is 3.24. The van der Waals surface area contributed by atoms with Crippen molar-refractivity contribution in [2.45, 2.75) is 32.2 Å². The van der Waals surface area contributed by atoms with E-state index in [-0.39, 0.29) is 6.04 Å². The molecule has 1 saturated heterocycles. The average Bonchev–Trinajstić information content (AvgIpc) is 2.71. The van der Waals surface area contributed by atoms with Crippen LogP contribution in [0.3, 0.4) is 0 Å². The van der Waals surface area contributed by atoms with Gasteiger partial charge >= 0.3 is 0 Å². The molecule has 0 aliphatic carbocycles. The lowest BCUT2D eigenvalue weighted by Crippen LogP contribution is -2.30. The van der Waals surface area contributed by atoms with Crippen LogP contribution in [0, 0.1) is 5.92 Å². The third-order valence-electron chi connectivity index (χ3n) is 3.37. The van der Waals surface area contributed by atoms with Crippen LogP contribution in [0.25, 0.3) is 0 Å². The van der Waals surface area contributed by atoms with Gasteiger partial charge in [-0.25, -0.2) is 0 Å². The smallest absolute Gasteiger partial charge is 0.0625 e. The number of ether oxygens (including phenoxy) is 1. The molecule has 2 N–H and O–H groups in total. The Balaban J connectivity index is 2.12. The van der Waals surface area contributed by atoms with Crippen LogP contribution in [-0.2, 0) is 18.2 Å². The summed E-state index contributed by atoms with van der Waals surface area (Å²) in [6.45, 7) is 3.78. The van der Waals surface area contributed by atoms with Crippen LogP contribution in [0.2, 0.25) is 0 Å². The quantitative estimate of drug-likeness (QED) is 0.843. The zero-order valence-electron chi connectivity index (χ0n) is 10.1. The van der Waals surface area contributed by atoms with Crippen molar-refractivity contribution in [3.63, 3.8) is 0 Å². The van der Waals surface area contributed by atoms with Crippen molar-refractivity contribution in [2.24, 2.45) is 18.7 Å². The fraction of sp³-hybridized carbons (Fsp3) is 0.750. The third-order valence-corrected chi connectivity index (χ3v) is 3.37. The summed E-state index contributed by atoms with van der Waals surface area (Å²) < 4.78 is 7.40. The number of aromatic nitrogens is 2. The van der Waals surface area contributed by atoms with E-state index < -0.39 is 0 Å². The van der Waals surface area contributed by atoms with Crippen LogP contribution in [0.4, 0.5) is 0 Å². The molecule has 0 saturated carbocycles. The normalized spacial score (nSPS) is 23.3. The van der Waals surface area contributed by atoms with E-state index in [1.54, 1.807) is 0 Å². The molecule has 0 bridgehead atoms. The molecule has 1 aliphatic heterocycles. The fourth-order valence-electron chi connectivity index (χ4n) is 2.32. The number of nitrogens with zero attached hydrogens (tertiary/aromatic N) is 2. The summed E-state index contributed by atoms with van der Waals surface area (Å²) in [5.74, 6) is 0.439. The first-order chi connectivity index (χ1) is 7.72. The van der Waals surface area contributed by atoms with Crippen LogP contribution in [0.5, 0.6) is 0 Å². The van der Waals surface area contributed by atoms with Gasteiger partial charge < -0.3 is 10.5 Å². The molecule has 1 aliphatic rings. The van der Waals surface area contributed by atoms with Gasteiger partial charge in [0.1, 0.15) is 0 Å². The lowest BCUT2D eigenvalue weighted by Gasteiger charge is -2.27. The van der Waals surface area contributed by atoms with Gasteiger partial charge in [0.15, 0.2) is 0 Å². The molecule has 2 atom stereocenters. The second kappa shape index (κ2) is 4.97. The zero-order chi connectivity index (χ0) is 11.5. The van der Waals surface area contributed by atoms with Gasteiger partial charge in [-0.15, -0.1) is 0 Å². The van der Waals surface area contributed by atoms with Gasteiger partial charge in [-0.1, -0.05) is 6.92 Å². The van der Waals surface area contributed by atoms with Crippen LogP contribution in [0.15, 0.2) is 6.07 Å². The summed E-state index contributed by atoms with van der Waals surface area (Å²) in [5, 5.41) is 4.44. The first-order valence-electron chi connectivity index (χ1n) is 6.08.